The second-order valence-electron chi connectivity index (χ2n) is 2.19. The van der Waals surface area contributed by atoms with Crippen molar-refractivity contribution in [3.05, 3.63) is 34.9 Å². The minimum atomic E-state index is -1.92. The number of hydrogen-bond donors (Lipinski definition) is 0. The van der Waals surface area contributed by atoms with Gasteiger partial charge in [-0.2, -0.15) is 0 Å². The monoisotopic (exact) mass is 232 g/mol. The van der Waals surface area contributed by atoms with E-state index in [1.54, 1.807) is 0 Å². The first kappa shape index (κ1) is 10.6. The highest BCUT2D eigenvalue weighted by Crippen LogP contribution is 2.30. The Hall–Kier alpha value is -0.480. The summed E-state index contributed by atoms with van der Waals surface area (Å²) in [5.41, 5.74) is -0.625. The topological polar surface area (TPSA) is 0 Å². The largest absolute Gasteiger partial charge is 0.204 e. The molecule has 0 spiro atoms. The summed E-state index contributed by atoms with van der Waals surface area (Å²) in [6, 6.07) is 0.415. The summed E-state index contributed by atoms with van der Waals surface area (Å²) in [7, 11) is 0. The highest BCUT2D eigenvalue weighted by molar-refractivity contribution is 6.44. The van der Waals surface area contributed by atoms with E-state index in [1.165, 1.54) is 0 Å². The molecule has 0 aromatic heterocycles. The van der Waals surface area contributed by atoms with Crippen molar-refractivity contribution in [2.45, 2.75) is 4.84 Å². The molecular weight excluding hydrogens is 231 g/mol. The molecule has 6 heteroatoms. The molecule has 0 amide bonds. The molecule has 1 aromatic carbocycles. The van der Waals surface area contributed by atoms with Gasteiger partial charge in [-0.05, 0) is 6.07 Å². The van der Waals surface area contributed by atoms with Gasteiger partial charge in [0.1, 0.15) is 4.84 Å². The lowest BCUT2D eigenvalue weighted by Crippen LogP contribution is -2.00. The minimum absolute atomic E-state index is 0.415. The number of alkyl halides is 2. The number of halogens is 6. The Morgan fingerprint density at radius 1 is 0.923 bits per heavy atom. The van der Waals surface area contributed by atoms with E-state index in [9.17, 15) is 17.6 Å². The molecule has 0 N–H and O–H groups in total. The molecule has 72 valence electrons. The van der Waals surface area contributed by atoms with Crippen LogP contribution in [0.3, 0.4) is 0 Å². The van der Waals surface area contributed by atoms with E-state index in [4.69, 9.17) is 23.2 Å². The highest BCUT2D eigenvalue weighted by atomic mass is 35.5. The fraction of sp³-hybridized carbons (Fsp3) is 0.143. The van der Waals surface area contributed by atoms with E-state index in [1.807, 2.05) is 0 Å². The predicted molar refractivity (Wildman–Crippen MR) is 40.7 cm³/mol. The third-order valence-electron chi connectivity index (χ3n) is 1.37. The molecule has 0 saturated heterocycles. The van der Waals surface area contributed by atoms with Crippen molar-refractivity contribution in [2.75, 3.05) is 0 Å². The molecule has 0 nitrogen and oxygen atoms in total. The van der Waals surface area contributed by atoms with E-state index in [0.29, 0.717) is 6.07 Å². The highest BCUT2D eigenvalue weighted by Gasteiger charge is 2.21. The van der Waals surface area contributed by atoms with E-state index < -0.39 is 33.7 Å². The first-order valence-electron chi connectivity index (χ1n) is 3.06. The zero-order valence-electron chi connectivity index (χ0n) is 5.92. The lowest BCUT2D eigenvalue weighted by molar-refractivity contribution is 0.405. The van der Waals surface area contributed by atoms with Crippen molar-refractivity contribution in [3.8, 4) is 0 Å². The smallest absolute Gasteiger partial charge is 0.197 e. The normalized spacial score (nSPS) is 11.0. The lowest BCUT2D eigenvalue weighted by atomic mass is 10.2. The van der Waals surface area contributed by atoms with Crippen molar-refractivity contribution in [3.63, 3.8) is 0 Å². The van der Waals surface area contributed by atoms with Gasteiger partial charge in [0.2, 0.25) is 0 Å². The molecule has 1 rings (SSSR count). The molecule has 0 aliphatic carbocycles. The molecule has 0 unspecified atom stereocenters. The molecule has 0 aliphatic rings. The summed E-state index contributed by atoms with van der Waals surface area (Å²) >= 11 is 10.3. The molecule has 0 saturated carbocycles. The van der Waals surface area contributed by atoms with Gasteiger partial charge in [0, 0.05) is 5.56 Å². The molecule has 0 aliphatic heterocycles. The molecule has 13 heavy (non-hydrogen) atoms. The Balaban J connectivity index is 3.41. The Kier molecular flexibility index (Phi) is 3.03. The maximum atomic E-state index is 12.7. The summed E-state index contributed by atoms with van der Waals surface area (Å²) in [4.78, 5) is -1.44. The van der Waals surface area contributed by atoms with Crippen molar-refractivity contribution in [1.82, 2.24) is 0 Å². The Morgan fingerprint density at radius 3 is 1.92 bits per heavy atom. The second-order valence-corrected chi connectivity index (χ2v) is 3.29. The van der Waals surface area contributed by atoms with Crippen molar-refractivity contribution < 1.29 is 17.6 Å². The predicted octanol–water partition coefficient (Wildman–Crippen LogP) is 3.72. The fourth-order valence-electron chi connectivity index (χ4n) is 0.750. The van der Waals surface area contributed by atoms with Gasteiger partial charge in [-0.1, -0.05) is 23.2 Å². The van der Waals surface area contributed by atoms with Crippen LogP contribution in [0.5, 0.6) is 0 Å². The molecule has 0 fully saturated rings. The third-order valence-corrected chi connectivity index (χ3v) is 1.84. The Morgan fingerprint density at radius 2 is 1.46 bits per heavy atom. The van der Waals surface area contributed by atoms with Gasteiger partial charge in [0.25, 0.3) is 0 Å². The van der Waals surface area contributed by atoms with Crippen LogP contribution in [-0.2, 0) is 0 Å². The van der Waals surface area contributed by atoms with Crippen LogP contribution in [0.4, 0.5) is 17.6 Å². The third kappa shape index (κ3) is 1.89. The first-order valence-corrected chi connectivity index (χ1v) is 3.93. The van der Waals surface area contributed by atoms with Crippen LogP contribution >= 0.6 is 23.2 Å². The summed E-state index contributed by atoms with van der Waals surface area (Å²) < 4.78 is 50.1. The van der Waals surface area contributed by atoms with Gasteiger partial charge in [0.15, 0.2) is 23.3 Å². The second kappa shape index (κ2) is 3.72. The number of hydrogen-bond acceptors (Lipinski definition) is 0. The summed E-state index contributed by atoms with van der Waals surface area (Å²) in [5, 5.41) is 0. The molecule has 0 heterocycles. The van der Waals surface area contributed by atoms with Gasteiger partial charge in [-0.3, -0.25) is 0 Å². The number of benzene rings is 1. The van der Waals surface area contributed by atoms with E-state index in [0.717, 1.165) is 0 Å². The average molecular weight is 233 g/mol. The van der Waals surface area contributed by atoms with Crippen LogP contribution in [-0.4, -0.2) is 0 Å². The first-order chi connectivity index (χ1) is 5.95. The zero-order chi connectivity index (χ0) is 10.2. The van der Waals surface area contributed by atoms with Gasteiger partial charge in [-0.25, -0.2) is 17.6 Å². The van der Waals surface area contributed by atoms with E-state index in [-0.39, 0.29) is 0 Å². The Labute approximate surface area is 81.1 Å². The van der Waals surface area contributed by atoms with Gasteiger partial charge >= 0.3 is 0 Å². The summed E-state index contributed by atoms with van der Waals surface area (Å²) in [5.74, 6) is -6.90. The molecule has 1 aromatic rings. The lowest BCUT2D eigenvalue weighted by Gasteiger charge is -2.05. The fourth-order valence-corrected chi connectivity index (χ4v) is 1.07. The quantitative estimate of drug-likeness (QED) is 0.300. The molecule has 0 atom stereocenters. The van der Waals surface area contributed by atoms with Gasteiger partial charge < -0.3 is 0 Å². The standard InChI is InChI=1S/C7H2Cl2F4/c8-7(9)2-1-3(10)5(12)6(13)4(2)11/h1,7H. The van der Waals surface area contributed by atoms with Crippen LogP contribution in [0.25, 0.3) is 0 Å². The van der Waals surface area contributed by atoms with Gasteiger partial charge in [-0.15, -0.1) is 0 Å². The van der Waals surface area contributed by atoms with E-state index in [2.05, 4.69) is 0 Å². The van der Waals surface area contributed by atoms with Crippen LogP contribution in [0, 0.1) is 23.3 Å². The van der Waals surface area contributed by atoms with Crippen LogP contribution in [0.15, 0.2) is 6.07 Å². The van der Waals surface area contributed by atoms with Crippen molar-refractivity contribution in [1.29, 1.82) is 0 Å². The molecular formula is C7H2Cl2F4. The Bertz CT molecular complexity index is 338. The summed E-state index contributed by atoms with van der Waals surface area (Å²) in [6.45, 7) is 0. The SMILES string of the molecule is Fc1cc(C(Cl)Cl)c(F)c(F)c1F. The van der Waals surface area contributed by atoms with Crippen LogP contribution in [0.1, 0.15) is 10.4 Å². The van der Waals surface area contributed by atoms with E-state index >= 15 is 0 Å². The van der Waals surface area contributed by atoms with Crippen molar-refractivity contribution >= 4 is 23.2 Å². The van der Waals surface area contributed by atoms with Crippen molar-refractivity contribution in [2.24, 2.45) is 0 Å². The maximum absolute atomic E-state index is 12.7. The zero-order valence-corrected chi connectivity index (χ0v) is 7.43. The number of rotatable bonds is 1. The van der Waals surface area contributed by atoms with Crippen LogP contribution in [0.2, 0.25) is 0 Å². The summed E-state index contributed by atoms with van der Waals surface area (Å²) in [6.07, 6.45) is 0. The van der Waals surface area contributed by atoms with Crippen LogP contribution < -0.4 is 0 Å². The maximum Gasteiger partial charge on any atom is 0.197 e. The molecule has 0 radical (unpaired) electrons. The van der Waals surface area contributed by atoms with Gasteiger partial charge in [0.05, 0.1) is 0 Å². The average Bonchev–Trinajstić information content (AvgIpc) is 2.07. The minimum Gasteiger partial charge on any atom is -0.204 e. The molecule has 0 bridgehead atoms.